The van der Waals surface area contributed by atoms with E-state index < -0.39 is 15.8 Å². The van der Waals surface area contributed by atoms with Gasteiger partial charge in [0, 0.05) is 6.04 Å². The van der Waals surface area contributed by atoms with E-state index in [-0.39, 0.29) is 16.6 Å². The van der Waals surface area contributed by atoms with E-state index in [2.05, 4.69) is 4.72 Å². The van der Waals surface area contributed by atoms with Crippen molar-refractivity contribution < 1.29 is 12.8 Å². The van der Waals surface area contributed by atoms with Crippen LogP contribution in [0.4, 0.5) is 10.1 Å². The fourth-order valence-electron chi connectivity index (χ4n) is 1.09. The summed E-state index contributed by atoms with van der Waals surface area (Å²) in [5.74, 6) is -0.730. The van der Waals surface area contributed by atoms with Gasteiger partial charge in [0.05, 0.1) is 10.6 Å². The fraction of sp³-hybridized carbons (Fsp3) is 0.400. The van der Waals surface area contributed by atoms with Crippen LogP contribution >= 0.6 is 0 Å². The van der Waals surface area contributed by atoms with Crippen molar-refractivity contribution in [1.82, 2.24) is 4.72 Å². The Morgan fingerprint density at radius 2 is 2.12 bits per heavy atom. The average molecular weight is 246 g/mol. The summed E-state index contributed by atoms with van der Waals surface area (Å²) in [6, 6.07) is 3.24. The maximum atomic E-state index is 13.1. The molecule has 16 heavy (non-hydrogen) atoms. The normalized spacial score (nSPS) is 13.7. The molecular weight excluding hydrogens is 231 g/mol. The average Bonchev–Trinajstić information content (AvgIpc) is 2.21. The van der Waals surface area contributed by atoms with Gasteiger partial charge < -0.3 is 5.73 Å². The van der Waals surface area contributed by atoms with E-state index in [0.29, 0.717) is 6.42 Å². The van der Waals surface area contributed by atoms with Gasteiger partial charge in [-0.05, 0) is 31.5 Å². The number of benzene rings is 1. The third-order valence-corrected chi connectivity index (χ3v) is 3.84. The molecule has 0 spiro atoms. The minimum atomic E-state index is -3.66. The summed E-state index contributed by atoms with van der Waals surface area (Å²) in [5, 5.41) is 0. The molecule has 0 bridgehead atoms. The van der Waals surface area contributed by atoms with Crippen molar-refractivity contribution in [3.8, 4) is 0 Å². The molecule has 0 fully saturated rings. The van der Waals surface area contributed by atoms with Crippen LogP contribution in [-0.4, -0.2) is 14.5 Å². The third kappa shape index (κ3) is 2.93. The minimum absolute atomic E-state index is 0.0671. The number of rotatable bonds is 4. The topological polar surface area (TPSA) is 72.2 Å². The van der Waals surface area contributed by atoms with E-state index in [9.17, 15) is 12.8 Å². The van der Waals surface area contributed by atoms with Gasteiger partial charge in [-0.3, -0.25) is 0 Å². The molecule has 0 amide bonds. The van der Waals surface area contributed by atoms with Crippen LogP contribution in [0.3, 0.4) is 0 Å². The van der Waals surface area contributed by atoms with Gasteiger partial charge in [-0.15, -0.1) is 0 Å². The van der Waals surface area contributed by atoms with Crippen LogP contribution in [-0.2, 0) is 10.0 Å². The second-order valence-electron chi connectivity index (χ2n) is 3.61. The van der Waals surface area contributed by atoms with Crippen LogP contribution < -0.4 is 10.5 Å². The number of nitrogens with two attached hydrogens (primary N) is 1. The largest absolute Gasteiger partial charge is 0.396 e. The first-order valence-electron chi connectivity index (χ1n) is 4.94. The molecule has 0 heterocycles. The molecule has 1 aromatic rings. The van der Waals surface area contributed by atoms with Crippen LogP contribution in [0.2, 0.25) is 0 Å². The Bertz CT molecular complexity index is 474. The molecule has 1 atom stereocenters. The second-order valence-corrected chi connectivity index (χ2v) is 5.33. The second kappa shape index (κ2) is 4.80. The number of nitrogen functional groups attached to an aromatic ring is 1. The van der Waals surface area contributed by atoms with Crippen molar-refractivity contribution in [1.29, 1.82) is 0 Å². The molecule has 0 radical (unpaired) electrons. The lowest BCUT2D eigenvalue weighted by Crippen LogP contribution is -2.32. The first-order valence-corrected chi connectivity index (χ1v) is 6.42. The maximum absolute atomic E-state index is 13.1. The van der Waals surface area contributed by atoms with E-state index in [4.69, 9.17) is 5.73 Å². The molecule has 0 saturated carbocycles. The van der Waals surface area contributed by atoms with Crippen LogP contribution in [0.25, 0.3) is 0 Å². The van der Waals surface area contributed by atoms with Crippen molar-refractivity contribution in [2.45, 2.75) is 31.2 Å². The van der Waals surface area contributed by atoms with Gasteiger partial charge in [-0.2, -0.15) is 0 Å². The van der Waals surface area contributed by atoms with E-state index >= 15 is 0 Å². The zero-order chi connectivity index (χ0) is 12.3. The van der Waals surface area contributed by atoms with Gasteiger partial charge in [0.25, 0.3) is 0 Å². The summed E-state index contributed by atoms with van der Waals surface area (Å²) >= 11 is 0. The fourth-order valence-corrected chi connectivity index (χ4v) is 2.43. The molecule has 1 aromatic carbocycles. The van der Waals surface area contributed by atoms with Gasteiger partial charge in [0.15, 0.2) is 0 Å². The summed E-state index contributed by atoms with van der Waals surface area (Å²) in [6.07, 6.45) is 0.663. The predicted octanol–water partition coefficient (Wildman–Crippen LogP) is 1.48. The summed E-state index contributed by atoms with van der Waals surface area (Å²) in [4.78, 5) is -0.112. The third-order valence-electron chi connectivity index (χ3n) is 2.25. The van der Waals surface area contributed by atoms with Crippen molar-refractivity contribution >= 4 is 15.7 Å². The Morgan fingerprint density at radius 3 is 2.62 bits per heavy atom. The molecular formula is C10H15FN2O2S. The number of hydrogen-bond acceptors (Lipinski definition) is 3. The van der Waals surface area contributed by atoms with Gasteiger partial charge in [0.1, 0.15) is 5.82 Å². The van der Waals surface area contributed by atoms with E-state index in [0.717, 1.165) is 6.07 Å². The van der Waals surface area contributed by atoms with Gasteiger partial charge >= 0.3 is 0 Å². The summed E-state index contributed by atoms with van der Waals surface area (Å²) in [6.45, 7) is 3.60. The van der Waals surface area contributed by atoms with Crippen molar-refractivity contribution in [2.75, 3.05) is 5.73 Å². The molecule has 0 aliphatic heterocycles. The Morgan fingerprint density at radius 1 is 1.50 bits per heavy atom. The lowest BCUT2D eigenvalue weighted by molar-refractivity contribution is 0.554. The molecule has 1 rings (SSSR count). The molecule has 1 unspecified atom stereocenters. The highest BCUT2D eigenvalue weighted by Crippen LogP contribution is 2.16. The molecule has 0 aliphatic carbocycles. The number of halogens is 1. The molecule has 6 heteroatoms. The van der Waals surface area contributed by atoms with Crippen molar-refractivity contribution in [3.05, 3.63) is 24.0 Å². The SMILES string of the molecule is CCC(C)NS(=O)(=O)c1ccc(N)c(F)c1. The predicted molar refractivity (Wildman–Crippen MR) is 60.9 cm³/mol. The van der Waals surface area contributed by atoms with Crippen LogP contribution in [0.1, 0.15) is 20.3 Å². The summed E-state index contributed by atoms with van der Waals surface area (Å²) in [7, 11) is -3.66. The smallest absolute Gasteiger partial charge is 0.240 e. The monoisotopic (exact) mass is 246 g/mol. The Kier molecular flexibility index (Phi) is 3.88. The van der Waals surface area contributed by atoms with E-state index in [1.807, 2.05) is 6.92 Å². The number of nitrogens with one attached hydrogen (secondary N) is 1. The Labute approximate surface area is 94.7 Å². The maximum Gasteiger partial charge on any atom is 0.240 e. The highest BCUT2D eigenvalue weighted by atomic mass is 32.2. The standard InChI is InChI=1S/C10H15FN2O2S/c1-3-7(2)13-16(14,15)8-4-5-10(12)9(11)6-8/h4-7,13H,3,12H2,1-2H3. The van der Waals surface area contributed by atoms with Gasteiger partial charge in [-0.1, -0.05) is 6.92 Å². The first kappa shape index (κ1) is 12.9. The molecule has 0 saturated heterocycles. The van der Waals surface area contributed by atoms with Crippen LogP contribution in [0, 0.1) is 5.82 Å². The molecule has 0 aliphatic rings. The molecule has 3 N–H and O–H groups in total. The zero-order valence-electron chi connectivity index (χ0n) is 9.20. The summed E-state index contributed by atoms with van der Waals surface area (Å²) in [5.41, 5.74) is 5.20. The highest BCUT2D eigenvalue weighted by molar-refractivity contribution is 7.89. The minimum Gasteiger partial charge on any atom is -0.396 e. The quantitative estimate of drug-likeness (QED) is 0.790. The number of sulfonamides is 1. The van der Waals surface area contributed by atoms with Crippen LogP contribution in [0.5, 0.6) is 0 Å². The first-order chi connectivity index (χ1) is 7.36. The lowest BCUT2D eigenvalue weighted by atomic mass is 10.3. The van der Waals surface area contributed by atoms with Crippen molar-refractivity contribution in [3.63, 3.8) is 0 Å². The van der Waals surface area contributed by atoms with E-state index in [1.54, 1.807) is 6.92 Å². The molecule has 0 aromatic heterocycles. The number of hydrogen-bond donors (Lipinski definition) is 2. The summed E-state index contributed by atoms with van der Waals surface area (Å²) < 4.78 is 39.0. The number of anilines is 1. The lowest BCUT2D eigenvalue weighted by Gasteiger charge is -2.12. The Hall–Kier alpha value is -1.14. The Balaban J connectivity index is 3.03. The molecule has 4 nitrogen and oxygen atoms in total. The van der Waals surface area contributed by atoms with Crippen LogP contribution in [0.15, 0.2) is 23.1 Å². The highest BCUT2D eigenvalue weighted by Gasteiger charge is 2.17. The molecule has 90 valence electrons. The van der Waals surface area contributed by atoms with Crippen molar-refractivity contribution in [2.24, 2.45) is 0 Å². The zero-order valence-corrected chi connectivity index (χ0v) is 10.0. The van der Waals surface area contributed by atoms with E-state index in [1.165, 1.54) is 12.1 Å². The van der Waals surface area contributed by atoms with Gasteiger partial charge in [0.2, 0.25) is 10.0 Å². The van der Waals surface area contributed by atoms with Gasteiger partial charge in [-0.25, -0.2) is 17.5 Å².